The number of hydrogen-bond donors (Lipinski definition) is 2. The largest absolute Gasteiger partial charge is 0.490 e. The van der Waals surface area contributed by atoms with Gasteiger partial charge in [0.2, 0.25) is 0 Å². The quantitative estimate of drug-likeness (QED) is 0.291. The summed E-state index contributed by atoms with van der Waals surface area (Å²) in [7, 11) is 1.98. The van der Waals surface area contributed by atoms with Gasteiger partial charge in [-0.3, -0.25) is 0 Å². The lowest BCUT2D eigenvalue weighted by Crippen LogP contribution is -2.42. The number of rotatable bonds is 6. The summed E-state index contributed by atoms with van der Waals surface area (Å²) in [5, 5.41) is 8.09. The molecule has 7 rings (SSSR count). The number of benzene rings is 3. The highest BCUT2D eigenvalue weighted by molar-refractivity contribution is 5.91. The Bertz CT molecular complexity index is 1640. The SMILES string of the molecule is Cc1cc(Nc2ncnc3ccc(OC4CC5CCC(C4)N5)cc23)ccc1Oc1ccc2c(c1)ncn2C. The Hall–Kier alpha value is -4.17. The second-order valence-corrected chi connectivity index (χ2v) is 10.5. The van der Waals surface area contributed by atoms with Crippen molar-refractivity contribution in [3.63, 3.8) is 0 Å². The molecular formula is C30H30N6O2. The first-order chi connectivity index (χ1) is 18.6. The molecule has 8 nitrogen and oxygen atoms in total. The second kappa shape index (κ2) is 9.29. The van der Waals surface area contributed by atoms with Gasteiger partial charge in [0.1, 0.15) is 35.5 Å². The third kappa shape index (κ3) is 4.41. The molecule has 2 unspecified atom stereocenters. The van der Waals surface area contributed by atoms with E-state index >= 15 is 0 Å². The third-order valence-electron chi connectivity index (χ3n) is 7.70. The van der Waals surface area contributed by atoms with Crippen molar-refractivity contribution in [2.45, 2.75) is 50.8 Å². The maximum Gasteiger partial charge on any atom is 0.141 e. The van der Waals surface area contributed by atoms with Crippen molar-refractivity contribution in [3.05, 3.63) is 72.8 Å². The lowest BCUT2D eigenvalue weighted by Gasteiger charge is -2.29. The lowest BCUT2D eigenvalue weighted by atomic mass is 10.0. The number of nitrogens with one attached hydrogen (secondary N) is 2. The molecule has 2 aliphatic rings. The van der Waals surface area contributed by atoms with Gasteiger partial charge in [-0.25, -0.2) is 15.0 Å². The average molecular weight is 507 g/mol. The second-order valence-electron chi connectivity index (χ2n) is 10.5. The van der Waals surface area contributed by atoms with E-state index in [0.29, 0.717) is 12.1 Å². The molecule has 2 aliphatic heterocycles. The van der Waals surface area contributed by atoms with Crippen molar-refractivity contribution in [3.8, 4) is 17.2 Å². The van der Waals surface area contributed by atoms with E-state index in [1.165, 1.54) is 12.8 Å². The molecule has 0 saturated carbocycles. The number of ether oxygens (including phenoxy) is 2. The molecule has 8 heteroatoms. The first-order valence-corrected chi connectivity index (χ1v) is 13.2. The van der Waals surface area contributed by atoms with Gasteiger partial charge in [-0.15, -0.1) is 0 Å². The van der Waals surface area contributed by atoms with Gasteiger partial charge in [0.05, 0.1) is 22.9 Å². The van der Waals surface area contributed by atoms with Crippen LogP contribution in [0.2, 0.25) is 0 Å². The maximum atomic E-state index is 6.42. The van der Waals surface area contributed by atoms with E-state index in [2.05, 4.69) is 37.7 Å². The van der Waals surface area contributed by atoms with E-state index in [1.807, 2.05) is 67.3 Å². The van der Waals surface area contributed by atoms with E-state index in [1.54, 1.807) is 6.33 Å². The Balaban J connectivity index is 1.10. The van der Waals surface area contributed by atoms with Gasteiger partial charge in [0.25, 0.3) is 0 Å². The van der Waals surface area contributed by atoms with Crippen molar-refractivity contribution in [2.75, 3.05) is 5.32 Å². The first-order valence-electron chi connectivity index (χ1n) is 13.2. The van der Waals surface area contributed by atoms with Crippen LogP contribution in [0.3, 0.4) is 0 Å². The minimum atomic E-state index is 0.251. The molecule has 3 aromatic carbocycles. The van der Waals surface area contributed by atoms with Gasteiger partial charge in [-0.05, 0) is 86.7 Å². The van der Waals surface area contributed by atoms with Crippen LogP contribution in [0.5, 0.6) is 17.2 Å². The Kier molecular flexibility index (Phi) is 5.62. The van der Waals surface area contributed by atoms with Crippen LogP contribution in [-0.4, -0.2) is 37.7 Å². The summed E-state index contributed by atoms with van der Waals surface area (Å²) in [5.74, 6) is 3.17. The summed E-state index contributed by atoms with van der Waals surface area (Å²) in [6, 6.07) is 19.3. The molecule has 4 heterocycles. The summed E-state index contributed by atoms with van der Waals surface area (Å²) in [5.41, 5.74) is 4.80. The number of aryl methyl sites for hydroxylation is 2. The first kappa shape index (κ1) is 23.0. The molecule has 0 radical (unpaired) electrons. The molecular weight excluding hydrogens is 476 g/mol. The zero-order valence-electron chi connectivity index (χ0n) is 21.5. The van der Waals surface area contributed by atoms with Crippen molar-refractivity contribution in [2.24, 2.45) is 7.05 Å². The Morgan fingerprint density at radius 3 is 2.58 bits per heavy atom. The standard InChI is InChI=1S/C30H30N6O2/c1-18-11-19(5-10-29(18)38-23-7-9-28-27(15-23)33-17-36(28)2)35-30-25-14-22(6-8-26(25)31-16-32-30)37-24-12-20-3-4-21(13-24)34-20/h5-11,14-17,20-21,24,34H,3-4,12-13H2,1-2H3,(H,31,32,35). The van der Waals surface area contributed by atoms with Crippen molar-refractivity contribution >= 4 is 33.4 Å². The molecule has 2 bridgehead atoms. The summed E-state index contributed by atoms with van der Waals surface area (Å²) in [4.78, 5) is 13.4. The van der Waals surface area contributed by atoms with Crippen LogP contribution in [0.25, 0.3) is 21.9 Å². The normalized spacial score (nSPS) is 20.6. The summed E-state index contributed by atoms with van der Waals surface area (Å²) >= 11 is 0. The fourth-order valence-corrected chi connectivity index (χ4v) is 5.79. The summed E-state index contributed by atoms with van der Waals surface area (Å²) < 4.78 is 14.6. The van der Waals surface area contributed by atoms with Gasteiger partial charge < -0.3 is 24.7 Å². The average Bonchev–Trinajstić information content (AvgIpc) is 3.46. The number of piperidine rings is 1. The molecule has 0 amide bonds. The van der Waals surface area contributed by atoms with Crippen molar-refractivity contribution < 1.29 is 9.47 Å². The third-order valence-corrected chi connectivity index (χ3v) is 7.70. The van der Waals surface area contributed by atoms with E-state index < -0.39 is 0 Å². The fourth-order valence-electron chi connectivity index (χ4n) is 5.79. The van der Waals surface area contributed by atoms with Gasteiger partial charge in [-0.2, -0.15) is 0 Å². The van der Waals surface area contributed by atoms with E-state index in [4.69, 9.17) is 9.47 Å². The number of nitrogens with zero attached hydrogens (tertiary/aromatic N) is 4. The van der Waals surface area contributed by atoms with Crippen LogP contribution in [0.1, 0.15) is 31.2 Å². The monoisotopic (exact) mass is 506 g/mol. The van der Waals surface area contributed by atoms with E-state index in [-0.39, 0.29) is 6.10 Å². The molecule has 2 N–H and O–H groups in total. The number of hydrogen-bond acceptors (Lipinski definition) is 7. The highest BCUT2D eigenvalue weighted by Crippen LogP contribution is 2.33. The van der Waals surface area contributed by atoms with Gasteiger partial charge in [0.15, 0.2) is 0 Å². The Morgan fingerprint density at radius 1 is 0.895 bits per heavy atom. The molecule has 38 heavy (non-hydrogen) atoms. The Labute approximate surface area is 221 Å². The van der Waals surface area contributed by atoms with Gasteiger partial charge >= 0.3 is 0 Å². The highest BCUT2D eigenvalue weighted by atomic mass is 16.5. The van der Waals surface area contributed by atoms with Crippen LogP contribution >= 0.6 is 0 Å². The number of fused-ring (bicyclic) bond motifs is 4. The van der Waals surface area contributed by atoms with Crippen molar-refractivity contribution in [1.29, 1.82) is 0 Å². The number of anilines is 2. The molecule has 192 valence electrons. The van der Waals surface area contributed by atoms with E-state index in [0.717, 1.165) is 69.1 Å². The fraction of sp³-hybridized carbons (Fsp3) is 0.300. The molecule has 2 fully saturated rings. The Morgan fingerprint density at radius 2 is 1.74 bits per heavy atom. The van der Waals surface area contributed by atoms with Crippen LogP contribution in [0.15, 0.2) is 67.3 Å². The molecule has 2 atom stereocenters. The van der Waals surface area contributed by atoms with Crippen LogP contribution < -0.4 is 20.1 Å². The van der Waals surface area contributed by atoms with Crippen LogP contribution in [0.4, 0.5) is 11.5 Å². The molecule has 0 aliphatic carbocycles. The maximum absolute atomic E-state index is 6.42. The highest BCUT2D eigenvalue weighted by Gasteiger charge is 2.34. The topological polar surface area (TPSA) is 86.1 Å². The minimum absolute atomic E-state index is 0.251. The lowest BCUT2D eigenvalue weighted by molar-refractivity contribution is 0.137. The predicted molar refractivity (Wildman–Crippen MR) is 148 cm³/mol. The zero-order valence-corrected chi connectivity index (χ0v) is 21.5. The summed E-state index contributed by atoms with van der Waals surface area (Å²) in [6.45, 7) is 2.04. The predicted octanol–water partition coefficient (Wildman–Crippen LogP) is 6.02. The van der Waals surface area contributed by atoms with Gasteiger partial charge in [0, 0.05) is 36.3 Å². The van der Waals surface area contributed by atoms with E-state index in [9.17, 15) is 0 Å². The number of aromatic nitrogens is 4. The summed E-state index contributed by atoms with van der Waals surface area (Å²) in [6.07, 6.45) is 8.29. The van der Waals surface area contributed by atoms with Crippen LogP contribution in [0, 0.1) is 6.92 Å². The van der Waals surface area contributed by atoms with Gasteiger partial charge in [-0.1, -0.05) is 0 Å². The van der Waals surface area contributed by atoms with Crippen molar-refractivity contribution in [1.82, 2.24) is 24.8 Å². The molecule has 0 spiro atoms. The molecule has 2 aromatic heterocycles. The minimum Gasteiger partial charge on any atom is -0.490 e. The molecule has 5 aromatic rings. The van der Waals surface area contributed by atoms with Crippen LogP contribution in [-0.2, 0) is 7.05 Å². The smallest absolute Gasteiger partial charge is 0.141 e. The number of imidazole rings is 1. The molecule has 2 saturated heterocycles. The zero-order chi connectivity index (χ0) is 25.6.